The van der Waals surface area contributed by atoms with E-state index in [1.54, 1.807) is 0 Å². The summed E-state index contributed by atoms with van der Waals surface area (Å²) in [5, 5.41) is 2.23. The van der Waals surface area contributed by atoms with Gasteiger partial charge in [0.25, 0.3) is 0 Å². The van der Waals surface area contributed by atoms with Crippen molar-refractivity contribution in [2.24, 2.45) is 0 Å². The fourth-order valence-corrected chi connectivity index (χ4v) is 4.09. The third-order valence-electron chi connectivity index (χ3n) is 6.13. The molecule has 1 heterocycles. The molecule has 1 nitrogen and oxygen atoms in total. The monoisotopic (exact) mass is 354 g/mol. The molecule has 0 bridgehead atoms. The Balaban J connectivity index is 2.27. The van der Waals surface area contributed by atoms with Gasteiger partial charge in [-0.1, -0.05) is 30.8 Å². The summed E-state index contributed by atoms with van der Waals surface area (Å²) in [6.07, 6.45) is 0. The van der Waals surface area contributed by atoms with E-state index < -0.39 is 0 Å². The van der Waals surface area contributed by atoms with Gasteiger partial charge >= 0.3 is 0 Å². The summed E-state index contributed by atoms with van der Waals surface area (Å²) in [7, 11) is 0. The van der Waals surface area contributed by atoms with Crippen molar-refractivity contribution in [3.63, 3.8) is 0 Å². The number of benzene rings is 3. The third-order valence-corrected chi connectivity index (χ3v) is 6.13. The van der Waals surface area contributed by atoms with E-state index in [2.05, 4.69) is 84.5 Å². The third kappa shape index (κ3) is 2.53. The van der Waals surface area contributed by atoms with Gasteiger partial charge in [-0.2, -0.15) is 0 Å². The molecule has 4 rings (SSSR count). The van der Waals surface area contributed by atoms with E-state index in [-0.39, 0.29) is 0 Å². The Morgan fingerprint density at radius 3 is 2.07 bits per heavy atom. The lowest BCUT2D eigenvalue weighted by atomic mass is 9.86. The highest BCUT2D eigenvalue weighted by atomic mass is 16.5. The van der Waals surface area contributed by atoms with E-state index in [1.165, 1.54) is 49.7 Å². The Bertz CT molecular complexity index is 1210. The highest BCUT2D eigenvalue weighted by molar-refractivity contribution is 5.88. The Morgan fingerprint density at radius 1 is 0.667 bits per heavy atom. The summed E-state index contributed by atoms with van der Waals surface area (Å²) in [6, 6.07) is 13.1. The molecule has 1 aliphatic heterocycles. The molecule has 0 N–H and O–H groups in total. The maximum atomic E-state index is 6.54. The Labute approximate surface area is 161 Å². The molecular formula is C26H26O. The first-order chi connectivity index (χ1) is 12.8. The zero-order chi connectivity index (χ0) is 19.5. The van der Waals surface area contributed by atoms with Gasteiger partial charge in [-0.15, -0.1) is 0 Å². The second-order valence-corrected chi connectivity index (χ2v) is 7.79. The number of aryl methyl sites for hydroxylation is 3. The summed E-state index contributed by atoms with van der Waals surface area (Å²) >= 11 is 0. The molecular weight excluding hydrogens is 328 g/mol. The standard InChI is InChI=1S/C26H26O/c1-14-10-8-9-11-21(14)24-22-12-15(2)17(4)19(6)25(22)27-26-20(7)18(5)16(3)13-23(24)26/h8-13H,4H2,1-3,5-7H3. The van der Waals surface area contributed by atoms with Crippen molar-refractivity contribution in [2.45, 2.75) is 41.5 Å². The molecule has 27 heavy (non-hydrogen) atoms. The number of rotatable bonds is 1. The highest BCUT2D eigenvalue weighted by Gasteiger charge is 2.25. The molecule has 0 aromatic heterocycles. The second-order valence-electron chi connectivity index (χ2n) is 7.79. The van der Waals surface area contributed by atoms with Gasteiger partial charge < -0.3 is 4.74 Å². The van der Waals surface area contributed by atoms with Crippen LogP contribution in [-0.2, 0) is 0 Å². The molecule has 0 atom stereocenters. The van der Waals surface area contributed by atoms with Crippen LogP contribution in [0.3, 0.4) is 0 Å². The van der Waals surface area contributed by atoms with Crippen molar-refractivity contribution < 1.29 is 4.74 Å². The van der Waals surface area contributed by atoms with Crippen molar-refractivity contribution in [1.82, 2.24) is 0 Å². The van der Waals surface area contributed by atoms with Crippen molar-refractivity contribution in [2.75, 3.05) is 0 Å². The van der Waals surface area contributed by atoms with E-state index in [0.717, 1.165) is 22.3 Å². The maximum Gasteiger partial charge on any atom is 0.138 e. The molecule has 0 fully saturated rings. The first kappa shape index (κ1) is 17.6. The van der Waals surface area contributed by atoms with Gasteiger partial charge in [0.2, 0.25) is 0 Å². The Hall–Kier alpha value is -2.80. The Kier molecular flexibility index (Phi) is 3.99. The normalized spacial score (nSPS) is 12.4. The van der Waals surface area contributed by atoms with E-state index in [4.69, 9.17) is 4.74 Å². The van der Waals surface area contributed by atoms with Crippen LogP contribution in [0.4, 0.5) is 0 Å². The van der Waals surface area contributed by atoms with Gasteiger partial charge in [0.1, 0.15) is 11.5 Å². The zero-order valence-electron chi connectivity index (χ0n) is 17.1. The lowest BCUT2D eigenvalue weighted by Crippen LogP contribution is -2.25. The smallest absolute Gasteiger partial charge is 0.138 e. The highest BCUT2D eigenvalue weighted by Crippen LogP contribution is 2.41. The first-order valence-corrected chi connectivity index (χ1v) is 9.49. The van der Waals surface area contributed by atoms with Gasteiger partial charge in [0, 0.05) is 16.4 Å². The van der Waals surface area contributed by atoms with Crippen molar-refractivity contribution >= 4 is 12.2 Å². The predicted molar refractivity (Wildman–Crippen MR) is 114 cm³/mol. The molecule has 1 aliphatic rings. The van der Waals surface area contributed by atoms with Crippen LogP contribution >= 0.6 is 0 Å². The van der Waals surface area contributed by atoms with Crippen molar-refractivity contribution in [1.29, 1.82) is 0 Å². The molecule has 3 aromatic carbocycles. The predicted octanol–water partition coefficient (Wildman–Crippen LogP) is 5.30. The number of ether oxygens (including phenoxy) is 1. The first-order valence-electron chi connectivity index (χ1n) is 9.49. The molecule has 0 aliphatic carbocycles. The summed E-state index contributed by atoms with van der Waals surface area (Å²) in [6.45, 7) is 17.2. The average molecular weight is 354 g/mol. The van der Waals surface area contributed by atoms with Crippen molar-refractivity contribution in [3.8, 4) is 11.5 Å². The topological polar surface area (TPSA) is 9.23 Å². The van der Waals surface area contributed by atoms with Crippen LogP contribution in [0.1, 0.15) is 44.5 Å². The van der Waals surface area contributed by atoms with Crippen LogP contribution in [0.25, 0.3) is 12.2 Å². The van der Waals surface area contributed by atoms with Crippen LogP contribution in [0.2, 0.25) is 0 Å². The van der Waals surface area contributed by atoms with Gasteiger partial charge in [0.05, 0.1) is 0 Å². The van der Waals surface area contributed by atoms with Gasteiger partial charge in [-0.3, -0.25) is 0 Å². The molecule has 0 amide bonds. The number of hydrogen-bond donors (Lipinski definition) is 0. The number of fused-ring (bicyclic) bond motifs is 2. The van der Waals surface area contributed by atoms with Gasteiger partial charge in [-0.05, 0) is 97.8 Å². The van der Waals surface area contributed by atoms with E-state index in [9.17, 15) is 0 Å². The van der Waals surface area contributed by atoms with Crippen molar-refractivity contribution in [3.05, 3.63) is 91.3 Å². The Morgan fingerprint density at radius 2 is 1.37 bits per heavy atom. The van der Waals surface area contributed by atoms with E-state index >= 15 is 0 Å². The summed E-state index contributed by atoms with van der Waals surface area (Å²) in [5.74, 6) is 1.93. The summed E-state index contributed by atoms with van der Waals surface area (Å²) < 4.78 is 6.54. The molecule has 3 aromatic rings. The van der Waals surface area contributed by atoms with Crippen LogP contribution in [0.15, 0.2) is 36.4 Å². The summed E-state index contributed by atoms with van der Waals surface area (Å²) in [4.78, 5) is 0. The van der Waals surface area contributed by atoms with Crippen LogP contribution in [-0.4, -0.2) is 0 Å². The average Bonchev–Trinajstić information content (AvgIpc) is 2.64. The lowest BCUT2D eigenvalue weighted by molar-refractivity contribution is 0.463. The van der Waals surface area contributed by atoms with E-state index in [0.29, 0.717) is 0 Å². The van der Waals surface area contributed by atoms with Crippen LogP contribution in [0.5, 0.6) is 11.5 Å². The molecule has 1 heteroatoms. The molecule has 0 unspecified atom stereocenters. The molecule has 0 radical (unpaired) electrons. The quantitative estimate of drug-likeness (QED) is 0.451. The second kappa shape index (κ2) is 6.13. The SMILES string of the molecule is C=c1c(C)cc2c(c1C)Oc1c(cc(C)c(C)c1C)C=2c1ccccc1C. The minimum absolute atomic E-state index is 0.947. The van der Waals surface area contributed by atoms with E-state index in [1.807, 2.05) is 0 Å². The number of hydrogen-bond acceptors (Lipinski definition) is 1. The zero-order valence-corrected chi connectivity index (χ0v) is 17.1. The fraction of sp³-hybridized carbons (Fsp3) is 0.231. The minimum Gasteiger partial charge on any atom is -0.455 e. The largest absolute Gasteiger partial charge is 0.455 e. The van der Waals surface area contributed by atoms with Crippen LogP contribution in [0, 0.1) is 41.5 Å². The van der Waals surface area contributed by atoms with Gasteiger partial charge in [0.15, 0.2) is 0 Å². The fourth-order valence-electron chi connectivity index (χ4n) is 4.09. The molecule has 0 saturated heterocycles. The molecule has 0 saturated carbocycles. The van der Waals surface area contributed by atoms with Crippen LogP contribution < -0.4 is 15.2 Å². The summed E-state index contributed by atoms with van der Waals surface area (Å²) in [5.41, 5.74) is 11.1. The molecule has 0 spiro atoms. The minimum atomic E-state index is 0.947. The molecule has 136 valence electrons. The lowest BCUT2D eigenvalue weighted by Gasteiger charge is -2.27. The van der Waals surface area contributed by atoms with Gasteiger partial charge in [-0.25, -0.2) is 0 Å². The maximum absolute atomic E-state index is 6.54.